The van der Waals surface area contributed by atoms with Crippen molar-refractivity contribution in [3.63, 3.8) is 0 Å². The van der Waals surface area contributed by atoms with Gasteiger partial charge in [0, 0.05) is 26.0 Å². The summed E-state index contributed by atoms with van der Waals surface area (Å²) in [5, 5.41) is 7.10. The Bertz CT molecular complexity index is 437. The molecule has 0 aromatic heterocycles. The molecule has 0 unspecified atom stereocenters. The summed E-state index contributed by atoms with van der Waals surface area (Å²) < 4.78 is 12.7. The minimum absolute atomic E-state index is 0.147. The van der Waals surface area contributed by atoms with E-state index in [9.17, 15) is 9.18 Å². The van der Waals surface area contributed by atoms with Crippen LogP contribution >= 0.6 is 0 Å². The fourth-order valence-electron chi connectivity index (χ4n) is 1.39. The SMILES string of the molecule is CC(=O)/C(C=N)=C/N(C)Cc1ccc(F)cc1. The highest BCUT2D eigenvalue weighted by atomic mass is 19.1. The second-order valence-corrected chi connectivity index (χ2v) is 3.83. The molecule has 0 saturated heterocycles. The molecule has 1 rings (SSSR count). The lowest BCUT2D eigenvalue weighted by molar-refractivity contribution is -0.113. The quantitative estimate of drug-likeness (QED) is 0.628. The van der Waals surface area contributed by atoms with E-state index in [4.69, 9.17) is 5.41 Å². The number of ketones is 1. The van der Waals surface area contributed by atoms with Crippen molar-refractivity contribution in [2.75, 3.05) is 7.05 Å². The Labute approximate surface area is 100 Å². The molecule has 3 nitrogen and oxygen atoms in total. The van der Waals surface area contributed by atoms with Crippen LogP contribution in [0.1, 0.15) is 12.5 Å². The molecular formula is C13H15FN2O. The highest BCUT2D eigenvalue weighted by Gasteiger charge is 2.02. The molecule has 17 heavy (non-hydrogen) atoms. The number of carbonyl (C=O) groups is 1. The van der Waals surface area contributed by atoms with Gasteiger partial charge >= 0.3 is 0 Å². The largest absolute Gasteiger partial charge is 0.375 e. The van der Waals surface area contributed by atoms with Gasteiger partial charge in [0.1, 0.15) is 5.82 Å². The minimum atomic E-state index is -0.268. The van der Waals surface area contributed by atoms with Crippen molar-refractivity contribution < 1.29 is 9.18 Å². The van der Waals surface area contributed by atoms with E-state index in [-0.39, 0.29) is 11.6 Å². The van der Waals surface area contributed by atoms with Gasteiger partial charge in [0.15, 0.2) is 5.78 Å². The molecule has 4 heteroatoms. The molecule has 1 aromatic rings. The fraction of sp³-hybridized carbons (Fsp3) is 0.231. The molecule has 0 radical (unpaired) electrons. The summed E-state index contributed by atoms with van der Waals surface area (Å²) in [6.07, 6.45) is 2.64. The average Bonchev–Trinajstić information content (AvgIpc) is 2.28. The number of nitrogens with one attached hydrogen (secondary N) is 1. The topological polar surface area (TPSA) is 44.2 Å². The summed E-state index contributed by atoms with van der Waals surface area (Å²) in [5.74, 6) is -0.415. The second kappa shape index (κ2) is 5.94. The van der Waals surface area contributed by atoms with Crippen LogP contribution in [0, 0.1) is 11.2 Å². The smallest absolute Gasteiger partial charge is 0.162 e. The number of allylic oxidation sites excluding steroid dienone is 1. The van der Waals surface area contributed by atoms with E-state index >= 15 is 0 Å². The molecule has 0 fully saturated rings. The summed E-state index contributed by atoms with van der Waals surface area (Å²) in [6.45, 7) is 1.98. The number of hydrogen-bond acceptors (Lipinski definition) is 3. The fourth-order valence-corrected chi connectivity index (χ4v) is 1.39. The van der Waals surface area contributed by atoms with Crippen molar-refractivity contribution in [2.24, 2.45) is 0 Å². The van der Waals surface area contributed by atoms with Crippen LogP contribution in [0.5, 0.6) is 0 Å². The standard InChI is InChI=1S/C13H15FN2O/c1-10(17)12(7-15)9-16(2)8-11-3-5-13(14)6-4-11/h3-7,9,15H,8H2,1-2H3/b12-9+,15-7?. The van der Waals surface area contributed by atoms with Crippen molar-refractivity contribution in [3.05, 3.63) is 47.4 Å². The molecule has 0 amide bonds. The predicted molar refractivity (Wildman–Crippen MR) is 65.4 cm³/mol. The first-order chi connectivity index (χ1) is 8.02. The first-order valence-electron chi connectivity index (χ1n) is 5.21. The Morgan fingerprint density at radius 1 is 1.41 bits per heavy atom. The van der Waals surface area contributed by atoms with Crippen molar-refractivity contribution in [1.29, 1.82) is 5.41 Å². The predicted octanol–water partition coefficient (Wildman–Crippen LogP) is 2.38. The normalized spacial score (nSPS) is 11.1. The number of hydrogen-bond donors (Lipinski definition) is 1. The molecule has 90 valence electrons. The van der Waals surface area contributed by atoms with Crippen molar-refractivity contribution in [2.45, 2.75) is 13.5 Å². The van der Waals surface area contributed by atoms with Gasteiger partial charge in [0.25, 0.3) is 0 Å². The van der Waals surface area contributed by atoms with Crippen molar-refractivity contribution >= 4 is 12.0 Å². The molecular weight excluding hydrogens is 219 g/mol. The first kappa shape index (κ1) is 13.1. The zero-order valence-electron chi connectivity index (χ0n) is 9.90. The van der Waals surface area contributed by atoms with Crippen LogP contribution in [-0.2, 0) is 11.3 Å². The molecule has 0 aliphatic carbocycles. The molecule has 1 N–H and O–H groups in total. The van der Waals surface area contributed by atoms with Crippen LogP contribution in [0.25, 0.3) is 0 Å². The molecule has 1 aromatic carbocycles. The Balaban J connectivity index is 2.72. The maximum atomic E-state index is 12.7. The Morgan fingerprint density at radius 3 is 2.47 bits per heavy atom. The summed E-state index contributed by atoms with van der Waals surface area (Å²) in [4.78, 5) is 12.9. The lowest BCUT2D eigenvalue weighted by Gasteiger charge is -2.15. The molecule has 0 heterocycles. The Morgan fingerprint density at radius 2 is 2.00 bits per heavy atom. The summed E-state index contributed by atoms with van der Waals surface area (Å²) in [7, 11) is 1.80. The highest BCUT2D eigenvalue weighted by Crippen LogP contribution is 2.06. The van der Waals surface area contributed by atoms with E-state index in [1.54, 1.807) is 30.3 Å². The Hall–Kier alpha value is -1.97. The van der Waals surface area contributed by atoms with E-state index < -0.39 is 0 Å². The third kappa shape index (κ3) is 4.18. The lowest BCUT2D eigenvalue weighted by Crippen LogP contribution is -2.13. The van der Waals surface area contributed by atoms with Gasteiger partial charge in [-0.25, -0.2) is 4.39 Å². The van der Waals surface area contributed by atoms with E-state index in [1.165, 1.54) is 19.1 Å². The van der Waals surface area contributed by atoms with E-state index in [0.717, 1.165) is 11.8 Å². The van der Waals surface area contributed by atoms with Gasteiger partial charge < -0.3 is 10.3 Å². The van der Waals surface area contributed by atoms with Gasteiger partial charge in [0.05, 0.1) is 5.57 Å². The van der Waals surface area contributed by atoms with Crippen LogP contribution in [-0.4, -0.2) is 23.9 Å². The van der Waals surface area contributed by atoms with Crippen LogP contribution in [0.2, 0.25) is 0 Å². The maximum Gasteiger partial charge on any atom is 0.162 e. The highest BCUT2D eigenvalue weighted by molar-refractivity contribution is 6.11. The number of halogens is 1. The van der Waals surface area contributed by atoms with Gasteiger partial charge in [-0.3, -0.25) is 4.79 Å². The van der Waals surface area contributed by atoms with Gasteiger partial charge in [-0.1, -0.05) is 12.1 Å². The van der Waals surface area contributed by atoms with Crippen LogP contribution in [0.3, 0.4) is 0 Å². The van der Waals surface area contributed by atoms with Crippen molar-refractivity contribution in [1.82, 2.24) is 4.90 Å². The molecule has 0 saturated carbocycles. The zero-order chi connectivity index (χ0) is 12.8. The second-order valence-electron chi connectivity index (χ2n) is 3.83. The number of carbonyl (C=O) groups excluding carboxylic acids is 1. The average molecular weight is 234 g/mol. The van der Waals surface area contributed by atoms with Crippen LogP contribution in [0.15, 0.2) is 36.0 Å². The molecule has 0 aliphatic heterocycles. The van der Waals surface area contributed by atoms with E-state index in [2.05, 4.69) is 0 Å². The van der Waals surface area contributed by atoms with E-state index in [0.29, 0.717) is 12.1 Å². The molecule has 0 spiro atoms. The maximum absolute atomic E-state index is 12.7. The number of benzene rings is 1. The Kier molecular flexibility index (Phi) is 4.57. The first-order valence-corrected chi connectivity index (χ1v) is 5.21. The van der Waals surface area contributed by atoms with E-state index in [1.807, 2.05) is 0 Å². The molecule has 0 aliphatic rings. The zero-order valence-corrected chi connectivity index (χ0v) is 9.90. The summed E-state index contributed by atoms with van der Waals surface area (Å²) >= 11 is 0. The third-order valence-corrected chi connectivity index (χ3v) is 2.27. The minimum Gasteiger partial charge on any atom is -0.375 e. The number of rotatable bonds is 5. The molecule has 0 bridgehead atoms. The van der Waals surface area contributed by atoms with Gasteiger partial charge in [-0.05, 0) is 24.6 Å². The lowest BCUT2D eigenvalue weighted by atomic mass is 10.2. The third-order valence-electron chi connectivity index (χ3n) is 2.27. The summed E-state index contributed by atoms with van der Waals surface area (Å²) in [6, 6.07) is 6.18. The van der Waals surface area contributed by atoms with Crippen molar-refractivity contribution in [3.8, 4) is 0 Å². The summed E-state index contributed by atoms with van der Waals surface area (Å²) in [5.41, 5.74) is 1.28. The molecule has 0 atom stereocenters. The number of nitrogens with zero attached hydrogens (tertiary/aromatic N) is 1. The monoisotopic (exact) mass is 234 g/mol. The van der Waals surface area contributed by atoms with Crippen LogP contribution < -0.4 is 0 Å². The van der Waals surface area contributed by atoms with Gasteiger partial charge in [-0.2, -0.15) is 0 Å². The van der Waals surface area contributed by atoms with Gasteiger partial charge in [-0.15, -0.1) is 0 Å². The van der Waals surface area contributed by atoms with Crippen LogP contribution in [0.4, 0.5) is 4.39 Å². The van der Waals surface area contributed by atoms with Gasteiger partial charge in [0.2, 0.25) is 0 Å². The number of Topliss-reactive ketones (excluding diaryl/α,β-unsaturated/α-hetero) is 1.